The van der Waals surface area contributed by atoms with Crippen molar-refractivity contribution in [3.63, 3.8) is 0 Å². The molecule has 0 saturated heterocycles. The first-order valence-electron chi connectivity index (χ1n) is 6.59. The SMILES string of the molecule is COC(C)(C)CNC(=NCC(=O)N(C)C)NCCSC. The van der Waals surface area contributed by atoms with E-state index >= 15 is 0 Å². The number of amides is 1. The van der Waals surface area contributed by atoms with Crippen LogP contribution in [-0.4, -0.2) is 75.2 Å². The van der Waals surface area contributed by atoms with E-state index in [2.05, 4.69) is 21.9 Å². The van der Waals surface area contributed by atoms with Gasteiger partial charge in [-0.25, -0.2) is 4.99 Å². The second-order valence-electron chi connectivity index (χ2n) is 5.19. The van der Waals surface area contributed by atoms with Gasteiger partial charge in [0.05, 0.1) is 5.60 Å². The number of likely N-dealkylation sites (N-methyl/N-ethyl adjacent to an activating group) is 1. The summed E-state index contributed by atoms with van der Waals surface area (Å²) in [5, 5.41) is 6.40. The highest BCUT2D eigenvalue weighted by atomic mass is 32.2. The van der Waals surface area contributed by atoms with Crippen molar-refractivity contribution in [2.45, 2.75) is 19.4 Å². The van der Waals surface area contributed by atoms with Gasteiger partial charge in [-0.15, -0.1) is 0 Å². The molecule has 0 aliphatic rings. The zero-order chi connectivity index (χ0) is 15.6. The molecule has 0 aromatic carbocycles. The van der Waals surface area contributed by atoms with Crippen LogP contribution in [0.1, 0.15) is 13.8 Å². The van der Waals surface area contributed by atoms with Crippen molar-refractivity contribution in [2.24, 2.45) is 4.99 Å². The van der Waals surface area contributed by atoms with Crippen molar-refractivity contribution in [3.8, 4) is 0 Å². The molecule has 6 nitrogen and oxygen atoms in total. The molecule has 0 aromatic rings. The molecule has 0 bridgehead atoms. The van der Waals surface area contributed by atoms with Gasteiger partial charge in [0.1, 0.15) is 6.54 Å². The van der Waals surface area contributed by atoms with E-state index in [1.54, 1.807) is 33.0 Å². The van der Waals surface area contributed by atoms with Gasteiger partial charge in [0, 0.05) is 40.0 Å². The van der Waals surface area contributed by atoms with Gasteiger partial charge in [-0.05, 0) is 20.1 Å². The highest BCUT2D eigenvalue weighted by Crippen LogP contribution is 2.04. The number of hydrogen-bond donors (Lipinski definition) is 2. The van der Waals surface area contributed by atoms with E-state index in [1.807, 2.05) is 13.8 Å². The minimum absolute atomic E-state index is 0.0260. The van der Waals surface area contributed by atoms with Crippen LogP contribution in [0.3, 0.4) is 0 Å². The number of carbonyl (C=O) groups is 1. The number of guanidine groups is 1. The lowest BCUT2D eigenvalue weighted by Crippen LogP contribution is -2.46. The maximum atomic E-state index is 11.6. The highest BCUT2D eigenvalue weighted by Gasteiger charge is 2.16. The Morgan fingerprint density at radius 3 is 2.50 bits per heavy atom. The number of methoxy groups -OCH3 is 1. The van der Waals surface area contributed by atoms with Crippen LogP contribution >= 0.6 is 11.8 Å². The Labute approximate surface area is 126 Å². The lowest BCUT2D eigenvalue weighted by Gasteiger charge is -2.24. The lowest BCUT2D eigenvalue weighted by atomic mass is 10.1. The summed E-state index contributed by atoms with van der Waals surface area (Å²) in [6.07, 6.45) is 2.05. The van der Waals surface area contributed by atoms with Gasteiger partial charge in [0.15, 0.2) is 5.96 Å². The molecular weight excluding hydrogens is 276 g/mol. The van der Waals surface area contributed by atoms with Crippen LogP contribution in [0.15, 0.2) is 4.99 Å². The Balaban J connectivity index is 4.47. The van der Waals surface area contributed by atoms with Crippen LogP contribution in [0.25, 0.3) is 0 Å². The first-order valence-corrected chi connectivity index (χ1v) is 7.98. The summed E-state index contributed by atoms with van der Waals surface area (Å²) < 4.78 is 5.35. The molecule has 0 aliphatic heterocycles. The Bertz CT molecular complexity index is 319. The average molecular weight is 304 g/mol. The largest absolute Gasteiger partial charge is 0.377 e. The molecule has 20 heavy (non-hydrogen) atoms. The zero-order valence-electron chi connectivity index (χ0n) is 13.4. The molecule has 0 atom stereocenters. The van der Waals surface area contributed by atoms with E-state index in [0.717, 1.165) is 12.3 Å². The number of rotatable bonds is 8. The van der Waals surface area contributed by atoms with Gasteiger partial charge in [0.25, 0.3) is 0 Å². The monoisotopic (exact) mass is 304 g/mol. The van der Waals surface area contributed by atoms with Crippen LogP contribution in [-0.2, 0) is 9.53 Å². The molecule has 0 spiro atoms. The third kappa shape index (κ3) is 9.03. The smallest absolute Gasteiger partial charge is 0.243 e. The second kappa shape index (κ2) is 9.88. The standard InChI is InChI=1S/C13H28N4O2S/c1-13(2,19-5)10-16-12(14-7-8-20-6)15-9-11(18)17(3)4/h7-10H2,1-6H3,(H2,14,15,16). The summed E-state index contributed by atoms with van der Waals surface area (Å²) in [5.41, 5.74) is -0.284. The molecular formula is C13H28N4O2S. The fraction of sp³-hybridized carbons (Fsp3) is 0.846. The Kier molecular flexibility index (Phi) is 9.41. The molecule has 7 heteroatoms. The molecule has 0 fully saturated rings. The van der Waals surface area contributed by atoms with Gasteiger partial charge < -0.3 is 20.3 Å². The van der Waals surface area contributed by atoms with E-state index in [4.69, 9.17) is 4.74 Å². The summed E-state index contributed by atoms with van der Waals surface area (Å²) >= 11 is 1.76. The van der Waals surface area contributed by atoms with Gasteiger partial charge in [-0.3, -0.25) is 4.79 Å². The molecule has 118 valence electrons. The van der Waals surface area contributed by atoms with Crippen LogP contribution in [0.2, 0.25) is 0 Å². The molecule has 0 radical (unpaired) electrons. The normalized spacial score (nSPS) is 12.2. The van der Waals surface area contributed by atoms with Crippen molar-refractivity contribution in [1.29, 1.82) is 0 Å². The minimum Gasteiger partial charge on any atom is -0.377 e. The highest BCUT2D eigenvalue weighted by molar-refractivity contribution is 7.98. The first-order chi connectivity index (χ1) is 9.32. The molecule has 0 saturated carbocycles. The fourth-order valence-electron chi connectivity index (χ4n) is 1.10. The van der Waals surface area contributed by atoms with Crippen LogP contribution in [0.4, 0.5) is 0 Å². The zero-order valence-corrected chi connectivity index (χ0v) is 14.3. The first kappa shape index (κ1) is 19.1. The molecule has 0 aliphatic carbocycles. The summed E-state index contributed by atoms with van der Waals surface area (Å²) in [5.74, 6) is 1.59. The number of nitrogens with zero attached hydrogens (tertiary/aromatic N) is 2. The van der Waals surface area contributed by atoms with Crippen LogP contribution in [0, 0.1) is 0 Å². The predicted molar refractivity (Wildman–Crippen MR) is 86.5 cm³/mol. The van der Waals surface area contributed by atoms with E-state index in [1.165, 1.54) is 4.90 Å². The number of thioether (sulfide) groups is 1. The molecule has 0 heterocycles. The number of aliphatic imine (C=N–C) groups is 1. The third-order valence-corrected chi connectivity index (χ3v) is 3.32. The summed E-state index contributed by atoms with van der Waals surface area (Å²) in [6, 6.07) is 0. The number of hydrogen-bond acceptors (Lipinski definition) is 4. The lowest BCUT2D eigenvalue weighted by molar-refractivity contribution is -0.127. The van der Waals surface area contributed by atoms with E-state index in [0.29, 0.717) is 12.5 Å². The molecule has 0 aromatic heterocycles. The van der Waals surface area contributed by atoms with Gasteiger partial charge in [0.2, 0.25) is 5.91 Å². The third-order valence-electron chi connectivity index (χ3n) is 2.70. The van der Waals surface area contributed by atoms with E-state index in [9.17, 15) is 4.79 Å². The number of carbonyl (C=O) groups excluding carboxylic acids is 1. The van der Waals surface area contributed by atoms with Crippen molar-refractivity contribution < 1.29 is 9.53 Å². The minimum atomic E-state index is -0.284. The number of nitrogens with one attached hydrogen (secondary N) is 2. The Morgan fingerprint density at radius 2 is 2.00 bits per heavy atom. The molecule has 1 amide bonds. The molecule has 0 unspecified atom stereocenters. The summed E-state index contributed by atoms with van der Waals surface area (Å²) in [4.78, 5) is 17.4. The topological polar surface area (TPSA) is 66.0 Å². The number of ether oxygens (including phenoxy) is 1. The van der Waals surface area contributed by atoms with E-state index < -0.39 is 0 Å². The van der Waals surface area contributed by atoms with E-state index in [-0.39, 0.29) is 18.1 Å². The van der Waals surface area contributed by atoms with Crippen molar-refractivity contribution >= 4 is 23.6 Å². The summed E-state index contributed by atoms with van der Waals surface area (Å²) in [7, 11) is 5.12. The Hall–Kier alpha value is -0.950. The van der Waals surface area contributed by atoms with Crippen molar-refractivity contribution in [3.05, 3.63) is 0 Å². The van der Waals surface area contributed by atoms with Crippen molar-refractivity contribution in [1.82, 2.24) is 15.5 Å². The fourth-order valence-corrected chi connectivity index (χ4v) is 1.41. The molecule has 0 rings (SSSR count). The maximum Gasteiger partial charge on any atom is 0.243 e. The second-order valence-corrected chi connectivity index (χ2v) is 6.18. The predicted octanol–water partition coefficient (Wildman–Crippen LogP) is 0.398. The van der Waals surface area contributed by atoms with Gasteiger partial charge in [-0.2, -0.15) is 11.8 Å². The Morgan fingerprint density at radius 1 is 1.35 bits per heavy atom. The van der Waals surface area contributed by atoms with Crippen LogP contribution < -0.4 is 10.6 Å². The quantitative estimate of drug-likeness (QED) is 0.386. The van der Waals surface area contributed by atoms with Gasteiger partial charge >= 0.3 is 0 Å². The van der Waals surface area contributed by atoms with Crippen LogP contribution in [0.5, 0.6) is 0 Å². The van der Waals surface area contributed by atoms with Crippen molar-refractivity contribution in [2.75, 3.05) is 52.8 Å². The average Bonchev–Trinajstić information content (AvgIpc) is 2.40. The maximum absolute atomic E-state index is 11.6. The summed E-state index contributed by atoms with van der Waals surface area (Å²) in [6.45, 7) is 5.53. The molecule has 2 N–H and O–H groups in total. The van der Waals surface area contributed by atoms with Gasteiger partial charge in [-0.1, -0.05) is 0 Å².